The van der Waals surface area contributed by atoms with Crippen LogP contribution >= 0.6 is 0 Å². The lowest BCUT2D eigenvalue weighted by molar-refractivity contribution is -0.144. The molecule has 0 amide bonds. The molecule has 4 atom stereocenters. The van der Waals surface area contributed by atoms with E-state index >= 15 is 0 Å². The summed E-state index contributed by atoms with van der Waals surface area (Å²) < 4.78 is 4.90. The van der Waals surface area contributed by atoms with Gasteiger partial charge in [0.25, 0.3) is 0 Å². The zero-order valence-corrected chi connectivity index (χ0v) is 9.37. The molecular weight excluding hydrogens is 222 g/mol. The van der Waals surface area contributed by atoms with Gasteiger partial charge < -0.3 is 14.9 Å². The first-order chi connectivity index (χ1) is 8.25. The molecule has 92 valence electrons. The quantitative estimate of drug-likeness (QED) is 0.799. The first-order valence-electron chi connectivity index (χ1n) is 5.97. The molecule has 0 spiro atoms. The van der Waals surface area contributed by atoms with Gasteiger partial charge in [-0.25, -0.2) is 0 Å². The smallest absolute Gasteiger partial charge is 0.308 e. The van der Waals surface area contributed by atoms with Gasteiger partial charge in [-0.15, -0.1) is 0 Å². The first kappa shape index (κ1) is 10.7. The average molecular weight is 237 g/mol. The third-order valence-corrected chi connectivity index (χ3v) is 4.10. The molecule has 2 bridgehead atoms. The Kier molecular flexibility index (Phi) is 2.58. The lowest BCUT2D eigenvalue weighted by atomic mass is 9.84. The second-order valence-corrected chi connectivity index (χ2v) is 4.94. The minimum absolute atomic E-state index is 0.0538. The first-order valence-corrected chi connectivity index (χ1v) is 5.97. The van der Waals surface area contributed by atoms with E-state index in [9.17, 15) is 9.90 Å². The number of carboxylic acid groups (broad SMARTS) is 1. The Balaban J connectivity index is 1.67. The van der Waals surface area contributed by atoms with E-state index in [1.165, 1.54) is 6.33 Å². The lowest BCUT2D eigenvalue weighted by Crippen LogP contribution is -2.43. The minimum atomic E-state index is -0.680. The number of nitrogens with one attached hydrogen (secondary N) is 1. The highest BCUT2D eigenvalue weighted by Crippen LogP contribution is 2.48. The summed E-state index contributed by atoms with van der Waals surface area (Å²) in [6.07, 6.45) is 4.58. The van der Waals surface area contributed by atoms with Crippen LogP contribution in [0, 0.1) is 17.8 Å². The summed E-state index contributed by atoms with van der Waals surface area (Å²) in [5.41, 5.74) is 0. The van der Waals surface area contributed by atoms with Crippen LogP contribution in [-0.4, -0.2) is 27.3 Å². The van der Waals surface area contributed by atoms with Crippen molar-refractivity contribution < 1.29 is 14.4 Å². The molecule has 0 saturated heterocycles. The van der Waals surface area contributed by atoms with Gasteiger partial charge in [0.15, 0.2) is 6.33 Å². The van der Waals surface area contributed by atoms with Crippen molar-refractivity contribution >= 4 is 5.97 Å². The maximum absolute atomic E-state index is 11.3. The van der Waals surface area contributed by atoms with E-state index in [1.807, 2.05) is 0 Å². The van der Waals surface area contributed by atoms with Crippen LogP contribution in [0.5, 0.6) is 0 Å². The fourth-order valence-corrected chi connectivity index (χ4v) is 3.42. The topological polar surface area (TPSA) is 88.2 Å². The molecule has 2 aliphatic carbocycles. The van der Waals surface area contributed by atoms with E-state index in [2.05, 4.69) is 15.5 Å². The molecule has 0 aromatic carbocycles. The predicted molar refractivity (Wildman–Crippen MR) is 56.9 cm³/mol. The van der Waals surface area contributed by atoms with Crippen molar-refractivity contribution in [3.05, 3.63) is 12.2 Å². The molecule has 1 aromatic heterocycles. The molecule has 6 heteroatoms. The standard InChI is InChI=1S/C11H15N3O3/c15-11(16)9-6-1-2-7(3-6)10(9)12-4-8-13-5-14-17-8/h5-7,9-10,12H,1-4H2,(H,15,16). The number of carboxylic acids is 1. The van der Waals surface area contributed by atoms with Crippen molar-refractivity contribution in [3.8, 4) is 0 Å². The highest BCUT2D eigenvalue weighted by Gasteiger charge is 2.50. The van der Waals surface area contributed by atoms with Crippen molar-refractivity contribution in [2.75, 3.05) is 0 Å². The molecule has 0 radical (unpaired) electrons. The predicted octanol–water partition coefficient (Wildman–Crippen LogP) is 0.658. The summed E-state index contributed by atoms with van der Waals surface area (Å²) in [5, 5.41) is 16.1. The van der Waals surface area contributed by atoms with Gasteiger partial charge in [0.1, 0.15) is 0 Å². The van der Waals surface area contributed by atoms with Crippen molar-refractivity contribution in [1.82, 2.24) is 15.5 Å². The number of aliphatic carboxylic acids is 1. The fourth-order valence-electron chi connectivity index (χ4n) is 3.42. The Morgan fingerprint density at radius 3 is 3.06 bits per heavy atom. The summed E-state index contributed by atoms with van der Waals surface area (Å²) in [7, 11) is 0. The second-order valence-electron chi connectivity index (χ2n) is 4.94. The van der Waals surface area contributed by atoms with Crippen molar-refractivity contribution in [3.63, 3.8) is 0 Å². The fraction of sp³-hybridized carbons (Fsp3) is 0.727. The normalized spacial score (nSPS) is 35.3. The third-order valence-electron chi connectivity index (χ3n) is 4.10. The summed E-state index contributed by atoms with van der Waals surface area (Å²) >= 11 is 0. The molecule has 2 N–H and O–H groups in total. The number of fused-ring (bicyclic) bond motifs is 2. The number of rotatable bonds is 4. The largest absolute Gasteiger partial charge is 0.481 e. The van der Waals surface area contributed by atoms with E-state index in [4.69, 9.17) is 4.52 Å². The van der Waals surface area contributed by atoms with Gasteiger partial charge in [-0.05, 0) is 31.1 Å². The Morgan fingerprint density at radius 2 is 2.35 bits per heavy atom. The van der Waals surface area contributed by atoms with E-state index < -0.39 is 5.97 Å². The Morgan fingerprint density at radius 1 is 1.53 bits per heavy atom. The third kappa shape index (κ3) is 1.82. The number of carbonyl (C=O) groups is 1. The van der Waals surface area contributed by atoms with Crippen LogP contribution in [0.2, 0.25) is 0 Å². The number of aromatic nitrogens is 2. The Labute approximate surface area is 98.4 Å². The number of hydrogen-bond donors (Lipinski definition) is 2. The molecule has 0 aliphatic heterocycles. The van der Waals surface area contributed by atoms with Crippen LogP contribution in [-0.2, 0) is 11.3 Å². The lowest BCUT2D eigenvalue weighted by Gasteiger charge is -2.28. The Hall–Kier alpha value is -1.43. The van der Waals surface area contributed by atoms with Crippen LogP contribution in [0.15, 0.2) is 10.9 Å². The highest BCUT2D eigenvalue weighted by atomic mass is 16.5. The second kappa shape index (κ2) is 4.10. The van der Waals surface area contributed by atoms with Gasteiger partial charge >= 0.3 is 5.97 Å². The molecule has 4 unspecified atom stereocenters. The van der Waals surface area contributed by atoms with Gasteiger partial charge in [0, 0.05) is 6.04 Å². The summed E-state index contributed by atoms with van der Waals surface area (Å²) in [4.78, 5) is 15.2. The van der Waals surface area contributed by atoms with Crippen molar-refractivity contribution in [2.24, 2.45) is 17.8 Å². The highest BCUT2D eigenvalue weighted by molar-refractivity contribution is 5.72. The molecule has 3 rings (SSSR count). The number of hydrogen-bond acceptors (Lipinski definition) is 5. The molecular formula is C11H15N3O3. The van der Waals surface area contributed by atoms with Crippen LogP contribution in [0.4, 0.5) is 0 Å². The molecule has 6 nitrogen and oxygen atoms in total. The van der Waals surface area contributed by atoms with Gasteiger partial charge in [-0.2, -0.15) is 4.98 Å². The van der Waals surface area contributed by atoms with E-state index in [-0.39, 0.29) is 12.0 Å². The van der Waals surface area contributed by atoms with Crippen LogP contribution < -0.4 is 5.32 Å². The summed E-state index contributed by atoms with van der Waals surface area (Å²) in [5.74, 6) is 0.413. The van der Waals surface area contributed by atoms with E-state index in [0.717, 1.165) is 19.3 Å². The molecule has 2 aliphatic rings. The van der Waals surface area contributed by atoms with Crippen molar-refractivity contribution in [1.29, 1.82) is 0 Å². The molecule has 17 heavy (non-hydrogen) atoms. The summed E-state index contributed by atoms with van der Waals surface area (Å²) in [6.45, 7) is 0.456. The van der Waals surface area contributed by atoms with E-state index in [1.54, 1.807) is 0 Å². The minimum Gasteiger partial charge on any atom is -0.481 e. The zero-order valence-electron chi connectivity index (χ0n) is 9.37. The van der Waals surface area contributed by atoms with Crippen molar-refractivity contribution in [2.45, 2.75) is 31.8 Å². The molecule has 1 aromatic rings. The molecule has 2 fully saturated rings. The Bertz CT molecular complexity index is 406. The van der Waals surface area contributed by atoms with Crippen LogP contribution in [0.1, 0.15) is 25.2 Å². The molecule has 1 heterocycles. The summed E-state index contributed by atoms with van der Waals surface area (Å²) in [6, 6.07) is 0.0538. The molecule has 2 saturated carbocycles. The maximum Gasteiger partial charge on any atom is 0.308 e. The van der Waals surface area contributed by atoms with Crippen LogP contribution in [0.3, 0.4) is 0 Å². The van der Waals surface area contributed by atoms with Gasteiger partial charge in [-0.3, -0.25) is 4.79 Å². The average Bonchev–Trinajstić information content (AvgIpc) is 3.01. The van der Waals surface area contributed by atoms with Crippen LogP contribution in [0.25, 0.3) is 0 Å². The zero-order chi connectivity index (χ0) is 11.8. The maximum atomic E-state index is 11.3. The van der Waals surface area contributed by atoms with Gasteiger partial charge in [-0.1, -0.05) is 5.16 Å². The monoisotopic (exact) mass is 237 g/mol. The van der Waals surface area contributed by atoms with Gasteiger partial charge in [0.05, 0.1) is 12.5 Å². The number of nitrogens with zero attached hydrogens (tertiary/aromatic N) is 2. The SMILES string of the molecule is O=C(O)C1C2CCC(C2)C1NCc1ncno1. The van der Waals surface area contributed by atoms with E-state index in [0.29, 0.717) is 24.3 Å². The van der Waals surface area contributed by atoms with Gasteiger partial charge in [0.2, 0.25) is 5.89 Å².